The Morgan fingerprint density at radius 1 is 1.29 bits per heavy atom. The lowest BCUT2D eigenvalue weighted by Gasteiger charge is -2.23. The summed E-state index contributed by atoms with van der Waals surface area (Å²) in [6.45, 7) is 0.526. The Kier molecular flexibility index (Phi) is 5.01. The number of hydrogen-bond acceptors (Lipinski definition) is 3. The summed E-state index contributed by atoms with van der Waals surface area (Å²) in [5.41, 5.74) is 1.73. The highest BCUT2D eigenvalue weighted by Gasteiger charge is 2.55. The molecule has 2 heterocycles. The van der Waals surface area contributed by atoms with Gasteiger partial charge in [-0.15, -0.1) is 0 Å². The van der Waals surface area contributed by atoms with Crippen LogP contribution in [0, 0.1) is 11.2 Å². The Labute approximate surface area is 191 Å². The number of benzene rings is 2. The maximum atomic E-state index is 14.2. The number of nitrogens with one attached hydrogen (secondary N) is 2. The number of aromatic nitrogens is 2. The van der Waals surface area contributed by atoms with Crippen molar-refractivity contribution in [2.24, 2.45) is 5.41 Å². The van der Waals surface area contributed by atoms with Crippen LogP contribution in [0.2, 0.25) is 5.02 Å². The molecule has 2 fully saturated rings. The summed E-state index contributed by atoms with van der Waals surface area (Å²) in [5, 5.41) is 3.37. The Balaban J connectivity index is 1.34. The highest BCUT2D eigenvalue weighted by atomic mass is 79.9. The van der Waals surface area contributed by atoms with E-state index < -0.39 is 11.9 Å². The predicted molar refractivity (Wildman–Crippen MR) is 119 cm³/mol. The minimum absolute atomic E-state index is 0.0112. The van der Waals surface area contributed by atoms with Crippen LogP contribution in [0.25, 0.3) is 11.0 Å². The van der Waals surface area contributed by atoms with Crippen molar-refractivity contribution in [3.8, 4) is 0 Å². The number of aromatic amines is 1. The topological polar surface area (TPSA) is 78.1 Å². The minimum atomic E-state index is -0.606. The van der Waals surface area contributed by atoms with Crippen molar-refractivity contribution in [3.05, 3.63) is 57.3 Å². The molecule has 160 valence electrons. The highest BCUT2D eigenvalue weighted by molar-refractivity contribution is 9.10. The molecular formula is C22H19BrClFN4O2. The normalized spacial score (nSPS) is 19.2. The molecule has 2 N–H and O–H groups in total. The molecule has 9 heteroatoms. The number of halogens is 3. The fraction of sp³-hybridized carbons (Fsp3) is 0.318. The predicted octanol–water partition coefficient (Wildman–Crippen LogP) is 4.68. The number of amides is 2. The molecule has 1 atom stereocenters. The second-order valence-electron chi connectivity index (χ2n) is 8.39. The lowest BCUT2D eigenvalue weighted by Crippen LogP contribution is -2.44. The van der Waals surface area contributed by atoms with E-state index in [1.807, 2.05) is 0 Å². The number of anilines is 1. The number of carbonyl (C=O) groups is 2. The van der Waals surface area contributed by atoms with Gasteiger partial charge in [-0.1, -0.05) is 33.6 Å². The van der Waals surface area contributed by atoms with E-state index in [4.69, 9.17) is 11.6 Å². The fourth-order valence-corrected chi connectivity index (χ4v) is 4.77. The van der Waals surface area contributed by atoms with Crippen LogP contribution in [0.1, 0.15) is 24.8 Å². The first-order chi connectivity index (χ1) is 14.8. The van der Waals surface area contributed by atoms with Crippen molar-refractivity contribution in [3.63, 3.8) is 0 Å². The average Bonchev–Trinajstić information content (AvgIpc) is 3.17. The maximum Gasteiger partial charge on any atom is 0.249 e. The molecule has 2 amide bonds. The van der Waals surface area contributed by atoms with Crippen molar-refractivity contribution in [2.75, 3.05) is 11.9 Å². The Morgan fingerprint density at radius 2 is 2.10 bits per heavy atom. The molecule has 0 unspecified atom stereocenters. The van der Waals surface area contributed by atoms with E-state index in [0.29, 0.717) is 45.0 Å². The van der Waals surface area contributed by atoms with Crippen molar-refractivity contribution >= 4 is 56.3 Å². The summed E-state index contributed by atoms with van der Waals surface area (Å²) >= 11 is 9.23. The number of nitrogens with zero attached hydrogens (tertiary/aromatic N) is 2. The lowest BCUT2D eigenvalue weighted by molar-refractivity contribution is -0.136. The van der Waals surface area contributed by atoms with Crippen LogP contribution in [0.4, 0.5) is 10.3 Å². The standard InChI is InChI=1S/C22H19BrClFN4O2/c23-13-2-1-12(15(25)8-13)7-19(30)29-11-22(5-6-22)10-18(29)20(31)28-21-26-16-4-3-14(24)9-17(16)27-21/h1-4,8-9,18H,5-7,10-11H2,(H2,26,27,28,31)/t18-/m1/s1. The zero-order valence-electron chi connectivity index (χ0n) is 16.4. The SMILES string of the molecule is O=C(Nc1nc2ccc(Cl)cc2[nH]1)[C@H]1CC2(CC2)CN1C(=O)Cc1ccc(Br)cc1F. The average molecular weight is 506 g/mol. The van der Waals surface area contributed by atoms with E-state index in [1.165, 1.54) is 6.07 Å². The van der Waals surface area contributed by atoms with Gasteiger partial charge in [0, 0.05) is 16.0 Å². The summed E-state index contributed by atoms with van der Waals surface area (Å²) in [7, 11) is 0. The summed E-state index contributed by atoms with van der Waals surface area (Å²) in [5.74, 6) is -0.671. The van der Waals surface area contributed by atoms with Crippen LogP contribution in [0.3, 0.4) is 0 Å². The monoisotopic (exact) mass is 504 g/mol. The Bertz CT molecular complexity index is 1210. The van der Waals surface area contributed by atoms with Gasteiger partial charge in [-0.3, -0.25) is 14.9 Å². The number of fused-ring (bicyclic) bond motifs is 1. The molecule has 0 radical (unpaired) electrons. The number of likely N-dealkylation sites (tertiary alicyclic amines) is 1. The van der Waals surface area contributed by atoms with Crippen LogP contribution in [0.5, 0.6) is 0 Å². The largest absolute Gasteiger partial charge is 0.330 e. The maximum absolute atomic E-state index is 14.2. The first-order valence-corrected chi connectivity index (χ1v) is 11.2. The molecule has 0 bridgehead atoms. The van der Waals surface area contributed by atoms with Gasteiger partial charge >= 0.3 is 0 Å². The zero-order valence-corrected chi connectivity index (χ0v) is 18.8. The van der Waals surface area contributed by atoms with Crippen LogP contribution in [-0.2, 0) is 16.0 Å². The number of carbonyl (C=O) groups excluding carboxylic acids is 2. The molecule has 1 aliphatic heterocycles. The van der Waals surface area contributed by atoms with Crippen LogP contribution >= 0.6 is 27.5 Å². The lowest BCUT2D eigenvalue weighted by atomic mass is 10.0. The zero-order chi connectivity index (χ0) is 21.8. The van der Waals surface area contributed by atoms with Gasteiger partial charge in [0.2, 0.25) is 17.8 Å². The van der Waals surface area contributed by atoms with E-state index in [2.05, 4.69) is 31.2 Å². The number of hydrogen-bond donors (Lipinski definition) is 2. The summed E-state index contributed by atoms with van der Waals surface area (Å²) in [6, 6.07) is 9.26. The molecule has 1 saturated carbocycles. The third-order valence-corrected chi connectivity index (χ3v) is 6.86. The summed E-state index contributed by atoms with van der Waals surface area (Å²) < 4.78 is 14.8. The fourth-order valence-electron chi connectivity index (χ4n) is 4.26. The molecule has 5 rings (SSSR count). The van der Waals surface area contributed by atoms with Crippen molar-refractivity contribution in [1.82, 2.24) is 14.9 Å². The van der Waals surface area contributed by atoms with E-state index >= 15 is 0 Å². The molecule has 1 saturated heterocycles. The van der Waals surface area contributed by atoms with Gasteiger partial charge in [-0.2, -0.15) is 0 Å². The van der Waals surface area contributed by atoms with E-state index in [0.717, 1.165) is 12.8 Å². The number of imidazole rings is 1. The smallest absolute Gasteiger partial charge is 0.249 e. The van der Waals surface area contributed by atoms with Gasteiger partial charge < -0.3 is 9.88 Å². The van der Waals surface area contributed by atoms with Crippen LogP contribution < -0.4 is 5.32 Å². The van der Waals surface area contributed by atoms with Crippen molar-refractivity contribution in [1.29, 1.82) is 0 Å². The second kappa shape index (κ2) is 7.60. The molecular weight excluding hydrogens is 487 g/mol. The third-order valence-electron chi connectivity index (χ3n) is 6.13. The van der Waals surface area contributed by atoms with Crippen molar-refractivity contribution in [2.45, 2.75) is 31.7 Å². The van der Waals surface area contributed by atoms with E-state index in [9.17, 15) is 14.0 Å². The third kappa shape index (κ3) is 4.06. The molecule has 2 aromatic carbocycles. The molecule has 1 spiro atoms. The highest BCUT2D eigenvalue weighted by Crippen LogP contribution is 2.55. The van der Waals surface area contributed by atoms with Crippen LogP contribution in [0.15, 0.2) is 40.9 Å². The van der Waals surface area contributed by atoms with E-state index in [-0.39, 0.29) is 23.7 Å². The molecule has 1 aliphatic carbocycles. The number of H-pyrrole nitrogens is 1. The molecule has 1 aromatic heterocycles. The molecule has 6 nitrogen and oxygen atoms in total. The summed E-state index contributed by atoms with van der Waals surface area (Å²) in [6.07, 6.45) is 2.52. The summed E-state index contributed by atoms with van der Waals surface area (Å²) in [4.78, 5) is 35.1. The van der Waals surface area contributed by atoms with E-state index in [1.54, 1.807) is 35.2 Å². The van der Waals surface area contributed by atoms with Gasteiger partial charge in [-0.05, 0) is 60.6 Å². The van der Waals surface area contributed by atoms with Gasteiger partial charge in [0.25, 0.3) is 0 Å². The quantitative estimate of drug-likeness (QED) is 0.540. The first-order valence-electron chi connectivity index (χ1n) is 10.0. The molecule has 3 aromatic rings. The first kappa shape index (κ1) is 20.5. The van der Waals surface area contributed by atoms with Gasteiger partial charge in [0.1, 0.15) is 11.9 Å². The van der Waals surface area contributed by atoms with Gasteiger partial charge in [0.05, 0.1) is 17.5 Å². The Morgan fingerprint density at radius 3 is 2.84 bits per heavy atom. The molecule has 31 heavy (non-hydrogen) atoms. The van der Waals surface area contributed by atoms with Gasteiger partial charge in [-0.25, -0.2) is 9.37 Å². The van der Waals surface area contributed by atoms with Crippen molar-refractivity contribution < 1.29 is 14.0 Å². The second-order valence-corrected chi connectivity index (χ2v) is 9.74. The minimum Gasteiger partial charge on any atom is -0.330 e. The van der Waals surface area contributed by atoms with Crippen LogP contribution in [-0.4, -0.2) is 39.3 Å². The van der Waals surface area contributed by atoms with Gasteiger partial charge in [0.15, 0.2) is 0 Å². The molecule has 2 aliphatic rings. The number of rotatable bonds is 4. The Hall–Kier alpha value is -2.45.